The summed E-state index contributed by atoms with van der Waals surface area (Å²) in [6.07, 6.45) is 4.45. The zero-order chi connectivity index (χ0) is 19.4. The normalized spacial score (nSPS) is 25.1. The van der Waals surface area contributed by atoms with Gasteiger partial charge in [-0.25, -0.2) is 0 Å². The summed E-state index contributed by atoms with van der Waals surface area (Å²) < 4.78 is 11.9. The molecule has 1 amide bonds. The van der Waals surface area contributed by atoms with Gasteiger partial charge < -0.3 is 14.8 Å². The van der Waals surface area contributed by atoms with Crippen LogP contribution in [0.1, 0.15) is 41.6 Å². The number of ether oxygens (including phenoxy) is 2. The van der Waals surface area contributed by atoms with E-state index in [-0.39, 0.29) is 17.6 Å². The highest BCUT2D eigenvalue weighted by atomic mass is 32.1. The molecule has 1 aromatic carbocycles. The highest BCUT2D eigenvalue weighted by Crippen LogP contribution is 2.37. The summed E-state index contributed by atoms with van der Waals surface area (Å²) >= 11 is 1.54. The van der Waals surface area contributed by atoms with Crippen LogP contribution in [0.15, 0.2) is 41.1 Å². The molecule has 0 saturated carbocycles. The summed E-state index contributed by atoms with van der Waals surface area (Å²) in [5.74, 6) is 0.900. The highest BCUT2D eigenvalue weighted by molar-refractivity contribution is 7.08. The fourth-order valence-electron chi connectivity index (χ4n) is 4.36. The maximum absolute atomic E-state index is 12.2. The van der Waals surface area contributed by atoms with Gasteiger partial charge >= 0.3 is 0 Å². The van der Waals surface area contributed by atoms with Gasteiger partial charge in [-0.2, -0.15) is 11.3 Å². The molecule has 1 N–H and O–H groups in total. The number of nitrogens with one attached hydrogen (secondary N) is 1. The number of methoxy groups -OCH3 is 1. The van der Waals surface area contributed by atoms with E-state index in [0.29, 0.717) is 6.54 Å². The molecule has 3 heterocycles. The van der Waals surface area contributed by atoms with Crippen molar-refractivity contribution in [2.75, 3.05) is 26.7 Å². The third-order valence-corrected chi connectivity index (χ3v) is 6.47. The SMILES string of the molecule is COc1cccc(CN2CC[C@]3(CCC[C@H](CNC(=O)c4ccsc4)O3)C2)c1. The summed E-state index contributed by atoms with van der Waals surface area (Å²) in [6.45, 7) is 3.51. The molecule has 6 heteroatoms. The van der Waals surface area contributed by atoms with Crippen molar-refractivity contribution in [3.05, 3.63) is 52.2 Å². The molecule has 0 aliphatic carbocycles. The van der Waals surface area contributed by atoms with Crippen LogP contribution in [0.2, 0.25) is 0 Å². The lowest BCUT2D eigenvalue weighted by atomic mass is 9.90. The molecule has 0 bridgehead atoms. The Bertz CT molecular complexity index is 795. The molecule has 1 aromatic heterocycles. The van der Waals surface area contributed by atoms with Gasteiger partial charge in [0.2, 0.25) is 0 Å². The minimum absolute atomic E-state index is 0.00412. The molecule has 2 aromatic rings. The van der Waals surface area contributed by atoms with Crippen LogP contribution >= 0.6 is 11.3 Å². The quantitative estimate of drug-likeness (QED) is 0.803. The Hall–Kier alpha value is -1.89. The molecule has 0 unspecified atom stereocenters. The number of nitrogens with zero attached hydrogens (tertiary/aromatic N) is 1. The average Bonchev–Trinajstić information content (AvgIpc) is 3.37. The predicted octanol–water partition coefficient (Wildman–Crippen LogP) is 3.70. The van der Waals surface area contributed by atoms with Gasteiger partial charge in [-0.3, -0.25) is 9.69 Å². The first-order valence-electron chi connectivity index (χ1n) is 9.99. The number of carbonyl (C=O) groups is 1. The number of hydrogen-bond acceptors (Lipinski definition) is 5. The van der Waals surface area contributed by atoms with E-state index in [4.69, 9.17) is 9.47 Å². The van der Waals surface area contributed by atoms with Gasteiger partial charge in [0.15, 0.2) is 0 Å². The van der Waals surface area contributed by atoms with Crippen molar-refractivity contribution in [3.63, 3.8) is 0 Å². The van der Waals surface area contributed by atoms with Crippen LogP contribution in [-0.2, 0) is 11.3 Å². The molecule has 4 rings (SSSR count). The van der Waals surface area contributed by atoms with Gasteiger partial charge in [0.05, 0.1) is 18.8 Å². The van der Waals surface area contributed by atoms with E-state index < -0.39 is 0 Å². The summed E-state index contributed by atoms with van der Waals surface area (Å²) in [7, 11) is 1.71. The first-order chi connectivity index (χ1) is 13.7. The van der Waals surface area contributed by atoms with Crippen LogP contribution in [0.25, 0.3) is 0 Å². The van der Waals surface area contributed by atoms with Gasteiger partial charge in [0, 0.05) is 37.1 Å². The van der Waals surface area contributed by atoms with Crippen LogP contribution in [0.4, 0.5) is 0 Å². The van der Waals surface area contributed by atoms with E-state index >= 15 is 0 Å². The molecule has 28 heavy (non-hydrogen) atoms. The van der Waals surface area contributed by atoms with Gasteiger partial charge in [-0.15, -0.1) is 0 Å². The Morgan fingerprint density at radius 2 is 2.32 bits per heavy atom. The Balaban J connectivity index is 1.30. The number of hydrogen-bond donors (Lipinski definition) is 1. The molecule has 2 aliphatic heterocycles. The number of rotatable bonds is 6. The van der Waals surface area contributed by atoms with Gasteiger partial charge in [0.25, 0.3) is 5.91 Å². The molecular formula is C22H28N2O3S. The Kier molecular flexibility index (Phi) is 5.99. The smallest absolute Gasteiger partial charge is 0.252 e. The standard InChI is InChI=1S/C22H28N2O3S/c1-26-19-5-2-4-17(12-19)14-24-10-9-22(16-24)8-3-6-20(27-22)13-23-21(25)18-7-11-28-15-18/h2,4-5,7,11-12,15,20H,3,6,8-10,13-14,16H2,1H3,(H,23,25)/t20-,22-/m1/s1. The second kappa shape index (κ2) is 8.64. The predicted molar refractivity (Wildman–Crippen MR) is 111 cm³/mol. The number of thiophene rings is 1. The number of amides is 1. The highest BCUT2D eigenvalue weighted by Gasteiger charge is 2.42. The Labute approximate surface area is 170 Å². The molecule has 2 aliphatic rings. The molecule has 0 radical (unpaired) electrons. The molecule has 2 atom stereocenters. The van der Waals surface area contributed by atoms with Crippen molar-refractivity contribution in [3.8, 4) is 5.75 Å². The van der Waals surface area contributed by atoms with Crippen molar-refractivity contribution in [2.24, 2.45) is 0 Å². The zero-order valence-electron chi connectivity index (χ0n) is 16.4. The number of benzene rings is 1. The number of carbonyl (C=O) groups excluding carboxylic acids is 1. The van der Waals surface area contributed by atoms with Gasteiger partial charge in [0.1, 0.15) is 5.75 Å². The largest absolute Gasteiger partial charge is 0.497 e. The molecule has 1 spiro atoms. The topological polar surface area (TPSA) is 50.8 Å². The first kappa shape index (κ1) is 19.4. The molecule has 5 nitrogen and oxygen atoms in total. The lowest BCUT2D eigenvalue weighted by molar-refractivity contribution is -0.118. The van der Waals surface area contributed by atoms with Crippen molar-refractivity contribution in [1.82, 2.24) is 10.2 Å². The lowest BCUT2D eigenvalue weighted by Crippen LogP contribution is -2.46. The molecule has 2 fully saturated rings. The van der Waals surface area contributed by atoms with Crippen LogP contribution in [0.3, 0.4) is 0 Å². The van der Waals surface area contributed by atoms with Crippen LogP contribution in [-0.4, -0.2) is 49.3 Å². The van der Waals surface area contributed by atoms with Crippen molar-refractivity contribution in [2.45, 2.75) is 43.9 Å². The Morgan fingerprint density at radius 3 is 3.14 bits per heavy atom. The van der Waals surface area contributed by atoms with E-state index in [1.165, 1.54) is 5.56 Å². The van der Waals surface area contributed by atoms with E-state index in [1.807, 2.05) is 29.0 Å². The van der Waals surface area contributed by atoms with Crippen molar-refractivity contribution >= 4 is 17.2 Å². The first-order valence-corrected chi connectivity index (χ1v) is 10.9. The maximum atomic E-state index is 12.2. The third-order valence-electron chi connectivity index (χ3n) is 5.78. The fraction of sp³-hybridized carbons (Fsp3) is 0.500. The van der Waals surface area contributed by atoms with Gasteiger partial charge in [-0.05, 0) is 54.8 Å². The van der Waals surface area contributed by atoms with Gasteiger partial charge in [-0.1, -0.05) is 12.1 Å². The van der Waals surface area contributed by atoms with Crippen molar-refractivity contribution < 1.29 is 14.3 Å². The van der Waals surface area contributed by atoms with Crippen molar-refractivity contribution in [1.29, 1.82) is 0 Å². The molecule has 150 valence electrons. The maximum Gasteiger partial charge on any atom is 0.252 e. The lowest BCUT2D eigenvalue weighted by Gasteiger charge is -2.39. The Morgan fingerprint density at radius 1 is 1.39 bits per heavy atom. The fourth-order valence-corrected chi connectivity index (χ4v) is 5.00. The van der Waals surface area contributed by atoms with E-state index in [0.717, 1.165) is 56.6 Å². The summed E-state index contributed by atoms with van der Waals surface area (Å²) in [4.78, 5) is 14.7. The van der Waals surface area contributed by atoms with Crippen LogP contribution < -0.4 is 10.1 Å². The minimum Gasteiger partial charge on any atom is -0.497 e. The number of likely N-dealkylation sites (tertiary alicyclic amines) is 1. The van der Waals surface area contributed by atoms with Crippen LogP contribution in [0.5, 0.6) is 5.75 Å². The van der Waals surface area contributed by atoms with E-state index in [2.05, 4.69) is 22.3 Å². The monoisotopic (exact) mass is 400 g/mol. The average molecular weight is 401 g/mol. The second-order valence-electron chi connectivity index (χ2n) is 7.85. The van der Waals surface area contributed by atoms with Crippen LogP contribution in [0, 0.1) is 0 Å². The summed E-state index contributed by atoms with van der Waals surface area (Å²) in [6, 6.07) is 10.1. The third kappa shape index (κ3) is 4.57. The summed E-state index contributed by atoms with van der Waals surface area (Å²) in [5.41, 5.74) is 1.95. The second-order valence-corrected chi connectivity index (χ2v) is 8.63. The summed E-state index contributed by atoms with van der Waals surface area (Å²) in [5, 5.41) is 6.85. The molecular weight excluding hydrogens is 372 g/mol. The van der Waals surface area contributed by atoms with E-state index in [1.54, 1.807) is 18.4 Å². The van der Waals surface area contributed by atoms with E-state index in [9.17, 15) is 4.79 Å². The molecule has 2 saturated heterocycles. The zero-order valence-corrected chi connectivity index (χ0v) is 17.2. The minimum atomic E-state index is -0.0606.